The summed E-state index contributed by atoms with van der Waals surface area (Å²) >= 11 is 3.57. The van der Waals surface area contributed by atoms with Gasteiger partial charge in [0.1, 0.15) is 0 Å². The maximum Gasteiger partial charge on any atom is 0.267 e. The Morgan fingerprint density at radius 2 is 1.95 bits per heavy atom. The van der Waals surface area contributed by atoms with Crippen LogP contribution in [0.15, 0.2) is 28.7 Å². The van der Waals surface area contributed by atoms with Gasteiger partial charge in [-0.3, -0.25) is 10.2 Å². The molecule has 5 heteroatoms. The molecule has 0 saturated heterocycles. The molecule has 1 aromatic carbocycles. The molecule has 2 rings (SSSR count). The number of carbonyl (C=O) groups excluding carboxylic acids is 1. The molecule has 1 aromatic heterocycles. The van der Waals surface area contributed by atoms with E-state index in [1.807, 2.05) is 43.5 Å². The predicted octanol–water partition coefficient (Wildman–Crippen LogP) is 2.77. The SMILES string of the molecule is Cc1ccc(-n2c(C)cc(C(=O)NN)c2C)c(Br)c1. The Kier molecular flexibility index (Phi) is 3.78. The highest BCUT2D eigenvalue weighted by molar-refractivity contribution is 9.10. The Labute approximate surface area is 120 Å². The minimum atomic E-state index is -0.275. The summed E-state index contributed by atoms with van der Waals surface area (Å²) in [5.41, 5.74) is 6.81. The summed E-state index contributed by atoms with van der Waals surface area (Å²) < 4.78 is 3.03. The topological polar surface area (TPSA) is 60.0 Å². The number of hydrazine groups is 1. The van der Waals surface area contributed by atoms with Crippen LogP contribution in [0, 0.1) is 20.8 Å². The zero-order valence-corrected chi connectivity index (χ0v) is 12.7. The second kappa shape index (κ2) is 5.19. The number of nitrogens with two attached hydrogens (primary N) is 1. The molecule has 0 atom stereocenters. The number of amides is 1. The molecule has 3 N–H and O–H groups in total. The summed E-state index contributed by atoms with van der Waals surface area (Å²) in [4.78, 5) is 11.7. The Morgan fingerprint density at radius 1 is 1.26 bits per heavy atom. The summed E-state index contributed by atoms with van der Waals surface area (Å²) in [6.07, 6.45) is 0. The minimum absolute atomic E-state index is 0.275. The molecule has 0 aliphatic rings. The van der Waals surface area contributed by atoms with E-state index in [4.69, 9.17) is 5.84 Å². The second-order valence-corrected chi connectivity index (χ2v) is 5.40. The van der Waals surface area contributed by atoms with Gasteiger partial charge >= 0.3 is 0 Å². The Balaban J connectivity index is 2.63. The molecule has 0 fully saturated rings. The van der Waals surface area contributed by atoms with Gasteiger partial charge in [-0.2, -0.15) is 0 Å². The molecular formula is C14H16BrN3O. The number of aryl methyl sites for hydroxylation is 2. The highest BCUT2D eigenvalue weighted by atomic mass is 79.9. The molecule has 1 heterocycles. The Hall–Kier alpha value is -1.59. The summed E-state index contributed by atoms with van der Waals surface area (Å²) in [5.74, 6) is 4.93. The Bertz CT molecular complexity index is 646. The van der Waals surface area contributed by atoms with E-state index >= 15 is 0 Å². The lowest BCUT2D eigenvalue weighted by Crippen LogP contribution is -2.30. The fraction of sp³-hybridized carbons (Fsp3) is 0.214. The summed E-state index contributed by atoms with van der Waals surface area (Å²) in [6, 6.07) is 7.96. The lowest BCUT2D eigenvalue weighted by atomic mass is 10.2. The number of halogens is 1. The first kappa shape index (κ1) is 13.8. The third kappa shape index (κ3) is 2.43. The number of nitrogens with one attached hydrogen (secondary N) is 1. The number of hydrogen-bond acceptors (Lipinski definition) is 2. The maximum atomic E-state index is 11.7. The van der Waals surface area contributed by atoms with Gasteiger partial charge in [0.15, 0.2) is 0 Å². The zero-order valence-electron chi connectivity index (χ0n) is 11.1. The van der Waals surface area contributed by atoms with E-state index in [2.05, 4.69) is 27.4 Å². The molecule has 0 saturated carbocycles. The van der Waals surface area contributed by atoms with Gasteiger partial charge in [-0.05, 0) is 60.5 Å². The van der Waals surface area contributed by atoms with Crippen molar-refractivity contribution in [3.8, 4) is 5.69 Å². The molecule has 0 spiro atoms. The van der Waals surface area contributed by atoms with E-state index in [1.165, 1.54) is 5.56 Å². The van der Waals surface area contributed by atoms with Crippen molar-refractivity contribution in [1.82, 2.24) is 9.99 Å². The van der Waals surface area contributed by atoms with Gasteiger partial charge in [0.05, 0.1) is 11.3 Å². The van der Waals surface area contributed by atoms with Crippen molar-refractivity contribution in [2.45, 2.75) is 20.8 Å². The van der Waals surface area contributed by atoms with Crippen molar-refractivity contribution in [1.29, 1.82) is 0 Å². The predicted molar refractivity (Wildman–Crippen MR) is 79.3 cm³/mol. The highest BCUT2D eigenvalue weighted by Crippen LogP contribution is 2.27. The molecule has 100 valence electrons. The molecule has 1 amide bonds. The molecular weight excluding hydrogens is 306 g/mol. The van der Waals surface area contributed by atoms with E-state index in [-0.39, 0.29) is 5.91 Å². The zero-order chi connectivity index (χ0) is 14.2. The van der Waals surface area contributed by atoms with Crippen LogP contribution in [0.2, 0.25) is 0 Å². The van der Waals surface area contributed by atoms with E-state index < -0.39 is 0 Å². The van der Waals surface area contributed by atoms with E-state index in [0.717, 1.165) is 21.5 Å². The van der Waals surface area contributed by atoms with Crippen molar-refractivity contribution >= 4 is 21.8 Å². The van der Waals surface area contributed by atoms with Crippen molar-refractivity contribution in [2.75, 3.05) is 0 Å². The van der Waals surface area contributed by atoms with Crippen LogP contribution in [0.5, 0.6) is 0 Å². The summed E-state index contributed by atoms with van der Waals surface area (Å²) in [5, 5.41) is 0. The molecule has 0 unspecified atom stereocenters. The quantitative estimate of drug-likeness (QED) is 0.507. The van der Waals surface area contributed by atoms with Crippen molar-refractivity contribution in [3.05, 3.63) is 51.3 Å². The normalized spacial score (nSPS) is 10.6. The first-order valence-corrected chi connectivity index (χ1v) is 6.71. The minimum Gasteiger partial charge on any atom is -0.317 e. The smallest absolute Gasteiger partial charge is 0.267 e. The van der Waals surface area contributed by atoms with Crippen LogP contribution in [0.4, 0.5) is 0 Å². The Morgan fingerprint density at radius 3 is 2.53 bits per heavy atom. The molecule has 0 aliphatic carbocycles. The van der Waals surface area contributed by atoms with Crippen LogP contribution in [0.3, 0.4) is 0 Å². The molecule has 0 bridgehead atoms. The number of aromatic nitrogens is 1. The summed E-state index contributed by atoms with van der Waals surface area (Å²) in [6.45, 7) is 5.91. The average molecular weight is 322 g/mol. The molecule has 0 aliphatic heterocycles. The van der Waals surface area contributed by atoms with Crippen LogP contribution < -0.4 is 11.3 Å². The van der Waals surface area contributed by atoms with Gasteiger partial charge in [0.25, 0.3) is 5.91 Å². The maximum absolute atomic E-state index is 11.7. The largest absolute Gasteiger partial charge is 0.317 e. The van der Waals surface area contributed by atoms with Crippen LogP contribution in [-0.4, -0.2) is 10.5 Å². The van der Waals surface area contributed by atoms with Crippen LogP contribution in [0.1, 0.15) is 27.3 Å². The van der Waals surface area contributed by atoms with Crippen molar-refractivity contribution < 1.29 is 4.79 Å². The van der Waals surface area contributed by atoms with Gasteiger partial charge in [-0.1, -0.05) is 6.07 Å². The fourth-order valence-electron chi connectivity index (χ4n) is 2.23. The van der Waals surface area contributed by atoms with E-state index in [0.29, 0.717) is 5.56 Å². The van der Waals surface area contributed by atoms with Gasteiger partial charge in [0.2, 0.25) is 0 Å². The van der Waals surface area contributed by atoms with Crippen molar-refractivity contribution in [3.63, 3.8) is 0 Å². The van der Waals surface area contributed by atoms with E-state index in [1.54, 1.807) is 0 Å². The number of nitrogen functional groups attached to an aromatic ring is 1. The number of nitrogens with zero attached hydrogens (tertiary/aromatic N) is 1. The van der Waals surface area contributed by atoms with Gasteiger partial charge in [-0.15, -0.1) is 0 Å². The summed E-state index contributed by atoms with van der Waals surface area (Å²) in [7, 11) is 0. The van der Waals surface area contributed by atoms with Gasteiger partial charge in [-0.25, -0.2) is 5.84 Å². The average Bonchev–Trinajstić information content (AvgIpc) is 2.65. The number of benzene rings is 1. The molecule has 2 aromatic rings. The first-order valence-electron chi connectivity index (χ1n) is 5.92. The van der Waals surface area contributed by atoms with Crippen LogP contribution in [0.25, 0.3) is 5.69 Å². The number of rotatable bonds is 2. The third-order valence-electron chi connectivity index (χ3n) is 3.15. The number of hydrogen-bond donors (Lipinski definition) is 2. The van der Waals surface area contributed by atoms with Gasteiger partial charge < -0.3 is 4.57 Å². The lowest BCUT2D eigenvalue weighted by Gasteiger charge is -2.12. The fourth-order valence-corrected chi connectivity index (χ4v) is 2.90. The van der Waals surface area contributed by atoms with Crippen LogP contribution in [-0.2, 0) is 0 Å². The standard InChI is InChI=1S/C14H16BrN3O/c1-8-4-5-13(12(15)6-8)18-9(2)7-11(10(18)3)14(19)17-16/h4-7H,16H2,1-3H3,(H,17,19). The van der Waals surface area contributed by atoms with E-state index in [9.17, 15) is 4.79 Å². The highest BCUT2D eigenvalue weighted by Gasteiger charge is 2.16. The molecule has 4 nitrogen and oxygen atoms in total. The van der Waals surface area contributed by atoms with Crippen molar-refractivity contribution in [2.24, 2.45) is 5.84 Å². The molecule has 0 radical (unpaired) electrons. The number of carbonyl (C=O) groups is 1. The third-order valence-corrected chi connectivity index (χ3v) is 3.79. The molecule has 19 heavy (non-hydrogen) atoms. The first-order chi connectivity index (χ1) is 8.95. The monoisotopic (exact) mass is 321 g/mol. The van der Waals surface area contributed by atoms with Crippen LogP contribution >= 0.6 is 15.9 Å². The lowest BCUT2D eigenvalue weighted by molar-refractivity contribution is 0.0953. The second-order valence-electron chi connectivity index (χ2n) is 4.55. The van der Waals surface area contributed by atoms with Gasteiger partial charge in [0, 0.05) is 15.9 Å².